The molecule has 2 heterocycles. The van der Waals surface area contributed by atoms with Gasteiger partial charge < -0.3 is 14.5 Å². The van der Waals surface area contributed by atoms with Gasteiger partial charge in [0.05, 0.1) is 24.9 Å². The third-order valence-electron chi connectivity index (χ3n) is 6.11. The number of aromatic nitrogens is 1. The van der Waals surface area contributed by atoms with Crippen molar-refractivity contribution in [3.05, 3.63) is 47.2 Å². The van der Waals surface area contributed by atoms with Gasteiger partial charge >= 0.3 is 0 Å². The molecule has 2 aromatic rings. The fourth-order valence-electron chi connectivity index (χ4n) is 4.14. The fraction of sp³-hybridized carbons (Fsp3) is 0.458. The maximum absolute atomic E-state index is 13.3. The summed E-state index contributed by atoms with van der Waals surface area (Å²) in [5.74, 6) is 2.21. The number of fused-ring (bicyclic) bond motifs is 1. The molecule has 1 fully saturated rings. The highest BCUT2D eigenvalue weighted by atomic mass is 16.5. The zero-order valence-electron chi connectivity index (χ0n) is 18.3. The fourth-order valence-corrected chi connectivity index (χ4v) is 4.14. The van der Waals surface area contributed by atoms with E-state index >= 15 is 0 Å². The van der Waals surface area contributed by atoms with Gasteiger partial charge in [0.15, 0.2) is 5.78 Å². The average molecular weight is 407 g/mol. The zero-order chi connectivity index (χ0) is 21.3. The number of hydrogen-bond acceptors (Lipinski definition) is 6. The normalized spacial score (nSPS) is 16.2. The van der Waals surface area contributed by atoms with Crippen molar-refractivity contribution in [1.82, 2.24) is 9.88 Å². The summed E-state index contributed by atoms with van der Waals surface area (Å²) >= 11 is 0. The van der Waals surface area contributed by atoms with Crippen LogP contribution in [0, 0.1) is 0 Å². The van der Waals surface area contributed by atoms with Crippen molar-refractivity contribution < 1.29 is 9.53 Å². The Morgan fingerprint density at radius 2 is 1.97 bits per heavy atom. The predicted octanol–water partition coefficient (Wildman–Crippen LogP) is 4.06. The van der Waals surface area contributed by atoms with Crippen LogP contribution >= 0.6 is 0 Å². The Bertz CT molecular complexity index is 979. The van der Waals surface area contributed by atoms with E-state index in [0.29, 0.717) is 12.3 Å². The minimum atomic E-state index is 0.144. The molecule has 0 bridgehead atoms. The summed E-state index contributed by atoms with van der Waals surface area (Å²) in [6.07, 6.45) is 5.58. The highest BCUT2D eigenvalue weighted by molar-refractivity contribution is 6.22. The largest absolute Gasteiger partial charge is 0.497 e. The highest BCUT2D eigenvalue weighted by Gasteiger charge is 2.31. The van der Waals surface area contributed by atoms with E-state index in [9.17, 15) is 4.79 Å². The summed E-state index contributed by atoms with van der Waals surface area (Å²) in [4.78, 5) is 27.1. The maximum Gasteiger partial charge on any atom is 0.171 e. The number of aliphatic imine (C=N–C) groups is 1. The monoisotopic (exact) mass is 406 g/mol. The first-order valence-corrected chi connectivity index (χ1v) is 10.6. The van der Waals surface area contributed by atoms with E-state index in [1.165, 1.54) is 6.42 Å². The molecule has 0 N–H and O–H groups in total. The number of likely N-dealkylation sites (N-methyl/N-ethyl adjacent to an activating group) is 2. The summed E-state index contributed by atoms with van der Waals surface area (Å²) in [7, 11) is 7.81. The molecule has 0 spiro atoms. The first kappa shape index (κ1) is 20.5. The van der Waals surface area contributed by atoms with Gasteiger partial charge in [-0.2, -0.15) is 0 Å². The second-order valence-corrected chi connectivity index (χ2v) is 8.50. The van der Waals surface area contributed by atoms with Crippen LogP contribution in [0.15, 0.2) is 35.5 Å². The molecule has 30 heavy (non-hydrogen) atoms. The maximum atomic E-state index is 13.3. The smallest absolute Gasteiger partial charge is 0.171 e. The van der Waals surface area contributed by atoms with Crippen LogP contribution in [0.2, 0.25) is 0 Å². The van der Waals surface area contributed by atoms with Gasteiger partial charge in [-0.1, -0.05) is 6.42 Å². The van der Waals surface area contributed by atoms with E-state index in [1.54, 1.807) is 13.3 Å². The first-order valence-electron chi connectivity index (χ1n) is 10.6. The van der Waals surface area contributed by atoms with Gasteiger partial charge in [0.1, 0.15) is 11.6 Å². The van der Waals surface area contributed by atoms with Crippen LogP contribution < -0.4 is 9.64 Å². The Morgan fingerprint density at radius 3 is 2.63 bits per heavy atom. The van der Waals surface area contributed by atoms with Crippen LogP contribution in [0.3, 0.4) is 0 Å². The van der Waals surface area contributed by atoms with E-state index in [2.05, 4.69) is 28.9 Å². The number of methoxy groups -OCH3 is 1. The van der Waals surface area contributed by atoms with Crippen LogP contribution in [0.5, 0.6) is 5.75 Å². The van der Waals surface area contributed by atoms with Crippen molar-refractivity contribution in [3.63, 3.8) is 0 Å². The van der Waals surface area contributed by atoms with Gasteiger partial charge in [0.25, 0.3) is 0 Å². The molecule has 1 saturated carbocycles. The molecule has 1 aliphatic carbocycles. The Morgan fingerprint density at radius 1 is 1.17 bits per heavy atom. The number of Topliss-reactive ketones (excluding diaryl/α,β-unsaturated/α-hetero) is 1. The molecule has 0 unspecified atom stereocenters. The third kappa shape index (κ3) is 3.97. The summed E-state index contributed by atoms with van der Waals surface area (Å²) in [5.41, 5.74) is 4.33. The van der Waals surface area contributed by atoms with Gasteiger partial charge in [-0.3, -0.25) is 9.79 Å². The van der Waals surface area contributed by atoms with E-state index in [0.717, 1.165) is 65.6 Å². The number of carbonyl (C=O) groups excluding carboxylic acids is 1. The van der Waals surface area contributed by atoms with Crippen molar-refractivity contribution in [3.8, 4) is 5.75 Å². The molecule has 0 atom stereocenters. The molecule has 0 amide bonds. The Kier molecular flexibility index (Phi) is 5.86. The standard InChI is InChI=1S/C24H30N4O2/c1-27(2)11-12-28(3)24-18(9-6-10-25-24)20-15-22(29)23-19(16-7-5-8-16)13-17(30-4)14-21(23)26-20/h6,9-10,13-14,16H,5,7-8,11-12,15H2,1-4H3. The first-order chi connectivity index (χ1) is 14.5. The molecule has 1 aromatic carbocycles. The SMILES string of the molecule is COc1cc2c(c(C3CCC3)c1)C(=O)CC(c1cccnc1N(C)CCN(C)C)=N2. The van der Waals surface area contributed by atoms with Gasteiger partial charge in [0.2, 0.25) is 0 Å². The number of carbonyl (C=O) groups is 1. The number of hydrogen-bond donors (Lipinski definition) is 0. The second kappa shape index (κ2) is 8.56. The molecule has 4 rings (SSSR count). The van der Waals surface area contributed by atoms with E-state index in [1.807, 2.05) is 31.3 Å². The van der Waals surface area contributed by atoms with Gasteiger partial charge in [0, 0.05) is 43.5 Å². The van der Waals surface area contributed by atoms with E-state index in [-0.39, 0.29) is 5.78 Å². The molecular weight excluding hydrogens is 376 g/mol. The second-order valence-electron chi connectivity index (χ2n) is 8.50. The molecule has 1 aromatic heterocycles. The van der Waals surface area contributed by atoms with Crippen molar-refractivity contribution in [2.45, 2.75) is 31.6 Å². The molecule has 2 aliphatic rings. The zero-order valence-corrected chi connectivity index (χ0v) is 18.3. The minimum absolute atomic E-state index is 0.144. The summed E-state index contributed by atoms with van der Waals surface area (Å²) in [6.45, 7) is 1.76. The third-order valence-corrected chi connectivity index (χ3v) is 6.11. The lowest BCUT2D eigenvalue weighted by Crippen LogP contribution is -2.30. The quantitative estimate of drug-likeness (QED) is 0.694. The molecule has 158 valence electrons. The number of rotatable bonds is 7. The lowest BCUT2D eigenvalue weighted by molar-refractivity contribution is 0.0998. The lowest BCUT2D eigenvalue weighted by Gasteiger charge is -2.30. The number of ketones is 1. The molecular formula is C24H30N4O2. The van der Waals surface area contributed by atoms with E-state index in [4.69, 9.17) is 9.73 Å². The van der Waals surface area contributed by atoms with Crippen molar-refractivity contribution in [2.24, 2.45) is 4.99 Å². The van der Waals surface area contributed by atoms with Gasteiger partial charge in [-0.15, -0.1) is 0 Å². The number of anilines is 1. The number of ether oxygens (including phenoxy) is 1. The summed E-state index contributed by atoms with van der Waals surface area (Å²) in [5, 5.41) is 0. The number of nitrogens with zero attached hydrogens (tertiary/aromatic N) is 4. The predicted molar refractivity (Wildman–Crippen MR) is 121 cm³/mol. The Hall–Kier alpha value is -2.73. The minimum Gasteiger partial charge on any atom is -0.497 e. The molecule has 1 aliphatic heterocycles. The van der Waals surface area contributed by atoms with Crippen LogP contribution in [-0.4, -0.2) is 62.7 Å². The lowest BCUT2D eigenvalue weighted by atomic mass is 9.76. The molecule has 6 nitrogen and oxygen atoms in total. The van der Waals surface area contributed by atoms with Crippen LogP contribution in [0.1, 0.15) is 53.1 Å². The molecule has 0 radical (unpaired) electrons. The van der Waals surface area contributed by atoms with Gasteiger partial charge in [-0.25, -0.2) is 4.98 Å². The highest BCUT2D eigenvalue weighted by Crippen LogP contribution is 2.44. The number of benzene rings is 1. The Labute approximate surface area is 178 Å². The average Bonchev–Trinajstić information content (AvgIpc) is 2.70. The molecule has 6 heteroatoms. The number of pyridine rings is 1. The topological polar surface area (TPSA) is 58.0 Å². The molecule has 0 saturated heterocycles. The van der Waals surface area contributed by atoms with Crippen LogP contribution in [0.4, 0.5) is 11.5 Å². The summed E-state index contributed by atoms with van der Waals surface area (Å²) in [6, 6.07) is 7.84. The van der Waals surface area contributed by atoms with Crippen molar-refractivity contribution in [1.29, 1.82) is 0 Å². The van der Waals surface area contributed by atoms with E-state index < -0.39 is 0 Å². The van der Waals surface area contributed by atoms with Crippen LogP contribution in [-0.2, 0) is 0 Å². The van der Waals surface area contributed by atoms with Crippen molar-refractivity contribution in [2.75, 3.05) is 46.2 Å². The van der Waals surface area contributed by atoms with Crippen molar-refractivity contribution >= 4 is 23.0 Å². The summed E-state index contributed by atoms with van der Waals surface area (Å²) < 4.78 is 5.53. The Balaban J connectivity index is 1.75. The van der Waals surface area contributed by atoms with Gasteiger partial charge in [-0.05, 0) is 56.6 Å². The van der Waals surface area contributed by atoms with Crippen LogP contribution in [0.25, 0.3) is 0 Å².